The number of carbonyl (C=O) groups excluding carboxylic acids is 2. The molecule has 0 saturated carbocycles. The topological polar surface area (TPSA) is 89.4 Å². The van der Waals surface area contributed by atoms with Crippen molar-refractivity contribution in [2.45, 2.75) is 38.6 Å². The smallest absolute Gasteiger partial charge is 0.239 e. The molecule has 0 spiro atoms. The number of amides is 2. The van der Waals surface area contributed by atoms with Crippen LogP contribution in [0.5, 0.6) is 0 Å². The van der Waals surface area contributed by atoms with Gasteiger partial charge in [-0.25, -0.2) is 0 Å². The second kappa shape index (κ2) is 5.84. The minimum atomic E-state index is -0.434. The Bertz CT molecular complexity index is 268. The molecular formula is C11H21N3O2. The summed E-state index contributed by atoms with van der Waals surface area (Å²) in [4.78, 5) is 24.7. The highest BCUT2D eigenvalue weighted by atomic mass is 16.2. The van der Waals surface area contributed by atoms with Gasteiger partial charge in [0.05, 0.1) is 12.0 Å². The van der Waals surface area contributed by atoms with Gasteiger partial charge in [0.2, 0.25) is 11.8 Å². The number of piperidine rings is 1. The van der Waals surface area contributed by atoms with E-state index in [9.17, 15) is 9.59 Å². The van der Waals surface area contributed by atoms with Gasteiger partial charge in [0, 0.05) is 13.1 Å². The van der Waals surface area contributed by atoms with Crippen molar-refractivity contribution in [3.8, 4) is 0 Å². The predicted octanol–water partition coefficient (Wildman–Crippen LogP) is -0.162. The fourth-order valence-corrected chi connectivity index (χ4v) is 2.08. The van der Waals surface area contributed by atoms with Crippen molar-refractivity contribution in [2.75, 3.05) is 13.1 Å². The van der Waals surface area contributed by atoms with E-state index in [1.807, 2.05) is 6.92 Å². The van der Waals surface area contributed by atoms with Gasteiger partial charge in [0.15, 0.2) is 0 Å². The van der Waals surface area contributed by atoms with Gasteiger partial charge in [0.1, 0.15) is 0 Å². The summed E-state index contributed by atoms with van der Waals surface area (Å²) < 4.78 is 0. The van der Waals surface area contributed by atoms with Gasteiger partial charge in [-0.15, -0.1) is 0 Å². The molecule has 0 bridgehead atoms. The van der Waals surface area contributed by atoms with Crippen LogP contribution in [-0.4, -0.2) is 35.8 Å². The molecule has 1 saturated heterocycles. The Labute approximate surface area is 96.1 Å². The van der Waals surface area contributed by atoms with Crippen LogP contribution in [0.2, 0.25) is 0 Å². The summed E-state index contributed by atoms with van der Waals surface area (Å²) >= 11 is 0. The van der Waals surface area contributed by atoms with Crippen molar-refractivity contribution in [3.63, 3.8) is 0 Å². The number of rotatable bonds is 4. The minimum Gasteiger partial charge on any atom is -0.369 e. The van der Waals surface area contributed by atoms with Crippen molar-refractivity contribution < 1.29 is 9.59 Å². The van der Waals surface area contributed by atoms with Crippen molar-refractivity contribution >= 4 is 11.8 Å². The molecule has 4 N–H and O–H groups in total. The average molecular weight is 227 g/mol. The molecule has 2 atom stereocenters. The van der Waals surface area contributed by atoms with Crippen LogP contribution >= 0.6 is 0 Å². The number of hydrogen-bond donors (Lipinski definition) is 2. The number of likely N-dealkylation sites (tertiary alicyclic amines) is 1. The van der Waals surface area contributed by atoms with Gasteiger partial charge >= 0.3 is 0 Å². The summed E-state index contributed by atoms with van der Waals surface area (Å²) in [6, 6.07) is -0.434. The summed E-state index contributed by atoms with van der Waals surface area (Å²) in [6.07, 6.45) is 3.19. The van der Waals surface area contributed by atoms with Gasteiger partial charge in [-0.2, -0.15) is 0 Å². The standard InChI is InChI=1S/C11H21N3O2/c1-2-4-9(12)11(16)14-6-3-5-8(7-14)10(13)15/h8-9H,2-7,12H2,1H3,(H2,13,15)/t8?,9-/m1/s1. The van der Waals surface area contributed by atoms with E-state index in [1.165, 1.54) is 0 Å². The summed E-state index contributed by atoms with van der Waals surface area (Å²) in [7, 11) is 0. The van der Waals surface area contributed by atoms with Gasteiger partial charge in [-0.05, 0) is 19.3 Å². The molecule has 92 valence electrons. The first-order valence-corrected chi connectivity index (χ1v) is 5.90. The van der Waals surface area contributed by atoms with E-state index in [2.05, 4.69) is 0 Å². The van der Waals surface area contributed by atoms with Gasteiger partial charge in [-0.3, -0.25) is 9.59 Å². The zero-order valence-electron chi connectivity index (χ0n) is 9.82. The van der Waals surface area contributed by atoms with Crippen molar-refractivity contribution in [2.24, 2.45) is 17.4 Å². The molecule has 0 aromatic rings. The minimum absolute atomic E-state index is 0.0483. The van der Waals surface area contributed by atoms with Crippen LogP contribution in [0.4, 0.5) is 0 Å². The van der Waals surface area contributed by atoms with Crippen molar-refractivity contribution in [1.82, 2.24) is 4.90 Å². The molecule has 0 aromatic heterocycles. The molecule has 1 aliphatic heterocycles. The van der Waals surface area contributed by atoms with Gasteiger partial charge in [0.25, 0.3) is 0 Å². The normalized spacial score (nSPS) is 22.9. The third-order valence-corrected chi connectivity index (χ3v) is 3.05. The number of nitrogens with two attached hydrogens (primary N) is 2. The lowest BCUT2D eigenvalue weighted by atomic mass is 9.96. The molecule has 0 aliphatic carbocycles. The van der Waals surface area contributed by atoms with Crippen LogP contribution in [0, 0.1) is 5.92 Å². The largest absolute Gasteiger partial charge is 0.369 e. The molecule has 5 heteroatoms. The molecule has 1 heterocycles. The molecule has 16 heavy (non-hydrogen) atoms. The number of primary amides is 1. The summed E-state index contributed by atoms with van der Waals surface area (Å²) in [5.74, 6) is -0.569. The first-order valence-electron chi connectivity index (χ1n) is 5.90. The lowest BCUT2D eigenvalue weighted by Gasteiger charge is -2.32. The highest BCUT2D eigenvalue weighted by Crippen LogP contribution is 2.17. The maximum absolute atomic E-state index is 11.9. The second-order valence-corrected chi connectivity index (χ2v) is 4.42. The Kier molecular flexibility index (Phi) is 4.73. The summed E-state index contributed by atoms with van der Waals surface area (Å²) in [6.45, 7) is 3.13. The first-order chi connectivity index (χ1) is 7.56. The molecule has 1 unspecified atom stereocenters. The Balaban J connectivity index is 2.53. The van der Waals surface area contributed by atoms with E-state index in [0.29, 0.717) is 19.5 Å². The third kappa shape index (κ3) is 3.20. The maximum Gasteiger partial charge on any atom is 0.239 e. The van der Waals surface area contributed by atoms with Crippen LogP contribution in [0.3, 0.4) is 0 Å². The Hall–Kier alpha value is -1.10. The second-order valence-electron chi connectivity index (χ2n) is 4.42. The van der Waals surface area contributed by atoms with Crippen molar-refractivity contribution in [3.05, 3.63) is 0 Å². The Morgan fingerprint density at radius 1 is 1.50 bits per heavy atom. The van der Waals surface area contributed by atoms with Crippen LogP contribution in [0.15, 0.2) is 0 Å². The van der Waals surface area contributed by atoms with E-state index in [4.69, 9.17) is 11.5 Å². The monoisotopic (exact) mass is 227 g/mol. The molecule has 0 aromatic carbocycles. The van der Waals surface area contributed by atoms with Gasteiger partial charge in [-0.1, -0.05) is 13.3 Å². The van der Waals surface area contributed by atoms with Gasteiger partial charge < -0.3 is 16.4 Å². The first kappa shape index (κ1) is 13.0. The summed E-state index contributed by atoms with van der Waals surface area (Å²) in [5.41, 5.74) is 11.0. The molecule has 1 rings (SSSR count). The fraction of sp³-hybridized carbons (Fsp3) is 0.818. The van der Waals surface area contributed by atoms with Crippen LogP contribution < -0.4 is 11.5 Å². The molecule has 5 nitrogen and oxygen atoms in total. The molecule has 1 aliphatic rings. The van der Waals surface area contributed by atoms with Crippen LogP contribution in [-0.2, 0) is 9.59 Å². The zero-order valence-corrected chi connectivity index (χ0v) is 9.82. The third-order valence-electron chi connectivity index (χ3n) is 3.05. The number of nitrogens with zero attached hydrogens (tertiary/aromatic N) is 1. The number of hydrogen-bond acceptors (Lipinski definition) is 3. The molecule has 1 fully saturated rings. The average Bonchev–Trinajstić information content (AvgIpc) is 2.28. The lowest BCUT2D eigenvalue weighted by Crippen LogP contribution is -2.50. The highest BCUT2D eigenvalue weighted by molar-refractivity contribution is 5.83. The molecule has 0 radical (unpaired) electrons. The summed E-state index contributed by atoms with van der Waals surface area (Å²) in [5, 5.41) is 0. The quantitative estimate of drug-likeness (QED) is 0.699. The maximum atomic E-state index is 11.9. The predicted molar refractivity (Wildman–Crippen MR) is 61.4 cm³/mol. The fourth-order valence-electron chi connectivity index (χ4n) is 2.08. The highest BCUT2D eigenvalue weighted by Gasteiger charge is 2.28. The number of carbonyl (C=O) groups is 2. The van der Waals surface area contributed by atoms with E-state index in [0.717, 1.165) is 19.3 Å². The van der Waals surface area contributed by atoms with E-state index in [-0.39, 0.29) is 17.7 Å². The molecule has 2 amide bonds. The van der Waals surface area contributed by atoms with E-state index >= 15 is 0 Å². The lowest BCUT2D eigenvalue weighted by molar-refractivity contribution is -0.136. The van der Waals surface area contributed by atoms with E-state index < -0.39 is 6.04 Å². The van der Waals surface area contributed by atoms with Crippen LogP contribution in [0.1, 0.15) is 32.6 Å². The SMILES string of the molecule is CCC[C@@H](N)C(=O)N1CCCC(C(N)=O)C1. The molecular weight excluding hydrogens is 206 g/mol. The Morgan fingerprint density at radius 2 is 2.19 bits per heavy atom. The van der Waals surface area contributed by atoms with E-state index in [1.54, 1.807) is 4.90 Å². The Morgan fingerprint density at radius 3 is 2.75 bits per heavy atom. The van der Waals surface area contributed by atoms with Crippen LogP contribution in [0.25, 0.3) is 0 Å². The van der Waals surface area contributed by atoms with Crippen molar-refractivity contribution in [1.29, 1.82) is 0 Å². The zero-order chi connectivity index (χ0) is 12.1.